The van der Waals surface area contributed by atoms with E-state index in [-0.39, 0.29) is 21.4 Å². The largest absolute Gasteiger partial charge is 0.379 e. The molecular weight excluding hydrogens is 378 g/mol. The zero-order chi connectivity index (χ0) is 19.2. The Labute approximate surface area is 160 Å². The number of nitrogens with one attached hydrogen (secondary N) is 1. The van der Waals surface area contributed by atoms with Crippen LogP contribution in [0.1, 0.15) is 23.2 Å². The number of carbonyl (C=O) groups excluding carboxylic acids is 1. The molecule has 1 fully saturated rings. The van der Waals surface area contributed by atoms with Gasteiger partial charge in [-0.3, -0.25) is 9.69 Å². The van der Waals surface area contributed by atoms with Gasteiger partial charge in [0.15, 0.2) is 0 Å². The van der Waals surface area contributed by atoms with Crippen molar-refractivity contribution in [1.82, 2.24) is 14.5 Å². The van der Waals surface area contributed by atoms with Crippen molar-refractivity contribution in [2.24, 2.45) is 0 Å². The van der Waals surface area contributed by atoms with Gasteiger partial charge in [-0.25, -0.2) is 12.7 Å². The van der Waals surface area contributed by atoms with Gasteiger partial charge in [-0.1, -0.05) is 11.6 Å². The van der Waals surface area contributed by atoms with Crippen LogP contribution in [0.15, 0.2) is 23.1 Å². The minimum atomic E-state index is -3.70. The number of carbonyl (C=O) groups is 1. The highest BCUT2D eigenvalue weighted by Gasteiger charge is 2.22. The summed E-state index contributed by atoms with van der Waals surface area (Å²) in [4.78, 5) is 14.6. The molecule has 9 heteroatoms. The summed E-state index contributed by atoms with van der Waals surface area (Å²) in [6.45, 7) is 5.02. The summed E-state index contributed by atoms with van der Waals surface area (Å²) in [5.41, 5.74) is 0.281. The molecule has 146 valence electrons. The molecule has 2 rings (SSSR count). The molecule has 0 radical (unpaired) electrons. The van der Waals surface area contributed by atoms with E-state index in [0.29, 0.717) is 6.54 Å². The molecule has 0 aromatic heterocycles. The van der Waals surface area contributed by atoms with Gasteiger partial charge in [0, 0.05) is 39.3 Å². The van der Waals surface area contributed by atoms with Gasteiger partial charge in [-0.2, -0.15) is 0 Å². The lowest BCUT2D eigenvalue weighted by Gasteiger charge is -2.26. The number of rotatable bonds is 8. The molecule has 0 spiro atoms. The van der Waals surface area contributed by atoms with Gasteiger partial charge in [-0.15, -0.1) is 0 Å². The number of sulfonamides is 1. The summed E-state index contributed by atoms with van der Waals surface area (Å²) in [5.74, 6) is -0.303. The Hall–Kier alpha value is -1.19. The molecule has 0 unspecified atom stereocenters. The Morgan fingerprint density at radius 1 is 1.27 bits per heavy atom. The Morgan fingerprint density at radius 2 is 1.96 bits per heavy atom. The summed E-state index contributed by atoms with van der Waals surface area (Å²) < 4.78 is 30.9. The SMILES string of the molecule is CN(C)S(=O)(=O)c1cc(C(=O)NCCCCN2CCOCC2)ccc1Cl. The Balaban J connectivity index is 1.85. The highest BCUT2D eigenvalue weighted by molar-refractivity contribution is 7.89. The van der Waals surface area contributed by atoms with E-state index in [2.05, 4.69) is 10.2 Å². The van der Waals surface area contributed by atoms with E-state index < -0.39 is 10.0 Å². The van der Waals surface area contributed by atoms with Gasteiger partial charge < -0.3 is 10.1 Å². The van der Waals surface area contributed by atoms with Crippen LogP contribution in [0.25, 0.3) is 0 Å². The molecule has 0 atom stereocenters. The number of ether oxygens (including phenoxy) is 1. The highest BCUT2D eigenvalue weighted by atomic mass is 35.5. The second kappa shape index (κ2) is 9.66. The minimum absolute atomic E-state index is 0.0656. The number of nitrogens with zero attached hydrogens (tertiary/aromatic N) is 2. The normalized spacial score (nSPS) is 16.0. The molecule has 1 aromatic rings. The molecule has 1 heterocycles. The molecule has 1 N–H and O–H groups in total. The maximum atomic E-state index is 12.3. The first-order valence-electron chi connectivity index (χ1n) is 8.63. The fraction of sp³-hybridized carbons (Fsp3) is 0.588. The van der Waals surface area contributed by atoms with E-state index in [4.69, 9.17) is 16.3 Å². The van der Waals surface area contributed by atoms with Gasteiger partial charge in [-0.05, 0) is 37.6 Å². The molecule has 26 heavy (non-hydrogen) atoms. The number of unbranched alkanes of at least 4 members (excludes halogenated alkanes) is 1. The van der Waals surface area contributed by atoms with Crippen LogP contribution in [-0.4, -0.2) is 77.0 Å². The average molecular weight is 404 g/mol. The van der Waals surface area contributed by atoms with Crippen molar-refractivity contribution in [3.63, 3.8) is 0 Å². The van der Waals surface area contributed by atoms with E-state index in [1.807, 2.05) is 0 Å². The number of benzene rings is 1. The standard InChI is InChI=1S/C17H26ClN3O4S/c1-20(2)26(23,24)16-13-14(5-6-15(16)18)17(22)19-7-3-4-8-21-9-11-25-12-10-21/h5-6,13H,3-4,7-12H2,1-2H3,(H,19,22). The van der Waals surface area contributed by atoms with Crippen LogP contribution in [-0.2, 0) is 14.8 Å². The topological polar surface area (TPSA) is 79.0 Å². The monoisotopic (exact) mass is 403 g/mol. The molecule has 0 bridgehead atoms. The van der Waals surface area contributed by atoms with Crippen LogP contribution in [0.3, 0.4) is 0 Å². The van der Waals surface area contributed by atoms with Crippen LogP contribution < -0.4 is 5.32 Å². The van der Waals surface area contributed by atoms with Crippen molar-refractivity contribution in [3.8, 4) is 0 Å². The van der Waals surface area contributed by atoms with E-state index >= 15 is 0 Å². The van der Waals surface area contributed by atoms with E-state index in [9.17, 15) is 13.2 Å². The van der Waals surface area contributed by atoms with Crippen LogP contribution in [0.4, 0.5) is 0 Å². The van der Waals surface area contributed by atoms with E-state index in [0.717, 1.165) is 50.0 Å². The Morgan fingerprint density at radius 3 is 2.62 bits per heavy atom. The van der Waals surface area contributed by atoms with Gasteiger partial charge in [0.05, 0.1) is 18.2 Å². The average Bonchev–Trinajstić information content (AvgIpc) is 2.62. The van der Waals surface area contributed by atoms with Gasteiger partial charge >= 0.3 is 0 Å². The smallest absolute Gasteiger partial charge is 0.251 e. The second-order valence-corrected chi connectivity index (χ2v) is 8.88. The number of halogens is 1. The number of hydrogen-bond donors (Lipinski definition) is 1. The molecule has 0 saturated carbocycles. The van der Waals surface area contributed by atoms with Gasteiger partial charge in [0.1, 0.15) is 4.90 Å². The van der Waals surface area contributed by atoms with Gasteiger partial charge in [0.25, 0.3) is 5.91 Å². The fourth-order valence-corrected chi connectivity index (χ4v) is 4.02. The van der Waals surface area contributed by atoms with Crippen molar-refractivity contribution in [2.45, 2.75) is 17.7 Å². The van der Waals surface area contributed by atoms with Crippen LogP contribution in [0.2, 0.25) is 5.02 Å². The molecular formula is C17H26ClN3O4S. The summed E-state index contributed by atoms with van der Waals surface area (Å²) >= 11 is 6.00. The zero-order valence-corrected chi connectivity index (χ0v) is 16.8. The molecule has 1 aliphatic heterocycles. The molecule has 7 nitrogen and oxygen atoms in total. The quantitative estimate of drug-likeness (QED) is 0.664. The lowest BCUT2D eigenvalue weighted by Crippen LogP contribution is -2.37. The Bertz CT molecular complexity index is 719. The van der Waals surface area contributed by atoms with Crippen molar-refractivity contribution in [1.29, 1.82) is 0 Å². The number of amides is 1. The summed E-state index contributed by atoms with van der Waals surface area (Å²) in [6.07, 6.45) is 1.85. The molecule has 1 aromatic carbocycles. The van der Waals surface area contributed by atoms with Crippen LogP contribution >= 0.6 is 11.6 Å². The predicted octanol–water partition coefficient (Wildman–Crippen LogP) is 1.43. The lowest BCUT2D eigenvalue weighted by molar-refractivity contribution is 0.0372. The third-order valence-electron chi connectivity index (χ3n) is 4.24. The first-order chi connectivity index (χ1) is 12.3. The van der Waals surface area contributed by atoms with Crippen molar-refractivity contribution in [3.05, 3.63) is 28.8 Å². The predicted molar refractivity (Wildman–Crippen MR) is 101 cm³/mol. The fourth-order valence-electron chi connectivity index (χ4n) is 2.63. The van der Waals surface area contributed by atoms with E-state index in [1.165, 1.54) is 32.3 Å². The van der Waals surface area contributed by atoms with Crippen molar-refractivity contribution < 1.29 is 17.9 Å². The third-order valence-corrected chi connectivity index (χ3v) is 6.54. The first kappa shape index (κ1) is 21.1. The second-order valence-electron chi connectivity index (χ2n) is 6.35. The first-order valence-corrected chi connectivity index (χ1v) is 10.4. The lowest BCUT2D eigenvalue weighted by atomic mass is 10.2. The maximum Gasteiger partial charge on any atom is 0.251 e. The van der Waals surface area contributed by atoms with Crippen LogP contribution in [0.5, 0.6) is 0 Å². The highest BCUT2D eigenvalue weighted by Crippen LogP contribution is 2.24. The Kier molecular flexibility index (Phi) is 7.85. The minimum Gasteiger partial charge on any atom is -0.379 e. The van der Waals surface area contributed by atoms with Crippen molar-refractivity contribution >= 4 is 27.5 Å². The number of hydrogen-bond acceptors (Lipinski definition) is 5. The van der Waals surface area contributed by atoms with Gasteiger partial charge in [0.2, 0.25) is 10.0 Å². The summed E-state index contributed by atoms with van der Waals surface area (Å²) in [5, 5.41) is 2.93. The molecule has 1 amide bonds. The van der Waals surface area contributed by atoms with E-state index in [1.54, 1.807) is 0 Å². The summed E-state index contributed by atoms with van der Waals surface area (Å²) in [7, 11) is -0.853. The molecule has 1 saturated heterocycles. The molecule has 0 aliphatic carbocycles. The third kappa shape index (κ3) is 5.65. The number of morpholine rings is 1. The van der Waals surface area contributed by atoms with Crippen molar-refractivity contribution in [2.75, 3.05) is 53.5 Å². The zero-order valence-electron chi connectivity index (χ0n) is 15.2. The van der Waals surface area contributed by atoms with Crippen LogP contribution in [0, 0.1) is 0 Å². The maximum absolute atomic E-state index is 12.3. The summed E-state index contributed by atoms with van der Waals surface area (Å²) in [6, 6.07) is 4.28. The molecule has 1 aliphatic rings.